The molecule has 2 N–H and O–H groups in total. The molecule has 0 aliphatic rings. The van der Waals surface area contributed by atoms with Gasteiger partial charge in [0.1, 0.15) is 11.7 Å². The number of nitrogens with one attached hydrogen (secondary N) is 1. The van der Waals surface area contributed by atoms with E-state index in [1.807, 2.05) is 38.1 Å². The Hall–Kier alpha value is -2.43. The summed E-state index contributed by atoms with van der Waals surface area (Å²) in [6, 6.07) is 9.97. The molecule has 0 saturated carbocycles. The molecule has 1 aromatic heterocycles. The third-order valence-electron chi connectivity index (χ3n) is 3.14. The van der Waals surface area contributed by atoms with Gasteiger partial charge in [0.2, 0.25) is 0 Å². The highest BCUT2D eigenvalue weighted by atomic mass is 16.4. The molecule has 110 valence electrons. The van der Waals surface area contributed by atoms with E-state index in [-0.39, 0.29) is 11.6 Å². The molecule has 21 heavy (non-hydrogen) atoms. The second-order valence-electron chi connectivity index (χ2n) is 5.38. The topological polar surface area (TPSA) is 79.3 Å². The molecule has 2 aromatic rings. The Labute approximate surface area is 123 Å². The Morgan fingerprint density at radius 2 is 1.90 bits per heavy atom. The number of fused-ring (bicyclic) bond motifs is 1. The van der Waals surface area contributed by atoms with Crippen molar-refractivity contribution < 1.29 is 14.7 Å². The van der Waals surface area contributed by atoms with Gasteiger partial charge in [0.15, 0.2) is 0 Å². The highest BCUT2D eigenvalue weighted by Crippen LogP contribution is 2.12. The summed E-state index contributed by atoms with van der Waals surface area (Å²) in [5.41, 5.74) is 0.935. The highest BCUT2D eigenvalue weighted by Gasteiger charge is 2.22. The quantitative estimate of drug-likeness (QED) is 0.885. The zero-order valence-corrected chi connectivity index (χ0v) is 12.0. The predicted molar refractivity (Wildman–Crippen MR) is 80.1 cm³/mol. The summed E-state index contributed by atoms with van der Waals surface area (Å²) >= 11 is 0. The van der Waals surface area contributed by atoms with Crippen LogP contribution in [0.4, 0.5) is 0 Å². The minimum Gasteiger partial charge on any atom is -0.480 e. The molecule has 1 heterocycles. The van der Waals surface area contributed by atoms with Crippen molar-refractivity contribution in [2.75, 3.05) is 0 Å². The fourth-order valence-electron chi connectivity index (χ4n) is 2.12. The van der Waals surface area contributed by atoms with Crippen molar-refractivity contribution in [3.63, 3.8) is 0 Å². The van der Waals surface area contributed by atoms with E-state index in [9.17, 15) is 9.59 Å². The van der Waals surface area contributed by atoms with E-state index < -0.39 is 17.9 Å². The number of hydrogen-bond acceptors (Lipinski definition) is 3. The Balaban J connectivity index is 2.19. The molecule has 0 aliphatic carbocycles. The summed E-state index contributed by atoms with van der Waals surface area (Å²) < 4.78 is 0. The highest BCUT2D eigenvalue weighted by molar-refractivity contribution is 5.96. The van der Waals surface area contributed by atoms with Crippen LogP contribution in [0.15, 0.2) is 36.4 Å². The number of benzene rings is 1. The fourth-order valence-corrected chi connectivity index (χ4v) is 2.12. The molecule has 1 atom stereocenters. The van der Waals surface area contributed by atoms with Crippen molar-refractivity contribution in [3.8, 4) is 0 Å². The van der Waals surface area contributed by atoms with Gasteiger partial charge in [-0.1, -0.05) is 38.1 Å². The first kappa shape index (κ1) is 15.0. The van der Waals surface area contributed by atoms with Gasteiger partial charge in [0, 0.05) is 5.39 Å². The number of carboxylic acids is 1. The Kier molecular flexibility index (Phi) is 4.52. The minimum atomic E-state index is -1.03. The lowest BCUT2D eigenvalue weighted by Crippen LogP contribution is -2.41. The van der Waals surface area contributed by atoms with Gasteiger partial charge in [-0.2, -0.15) is 0 Å². The molecule has 2 rings (SSSR count). The lowest BCUT2D eigenvalue weighted by molar-refractivity contribution is -0.139. The summed E-state index contributed by atoms with van der Waals surface area (Å²) in [5, 5.41) is 12.6. The maximum Gasteiger partial charge on any atom is 0.326 e. The maximum absolute atomic E-state index is 12.1. The van der Waals surface area contributed by atoms with Crippen LogP contribution in [0.25, 0.3) is 10.9 Å². The van der Waals surface area contributed by atoms with Crippen LogP contribution in [0.2, 0.25) is 0 Å². The number of carbonyl (C=O) groups is 2. The van der Waals surface area contributed by atoms with E-state index in [2.05, 4.69) is 10.3 Å². The molecule has 0 spiro atoms. The number of rotatable bonds is 5. The monoisotopic (exact) mass is 286 g/mol. The van der Waals surface area contributed by atoms with Crippen LogP contribution in [0.1, 0.15) is 30.8 Å². The van der Waals surface area contributed by atoms with Crippen LogP contribution in [0.3, 0.4) is 0 Å². The lowest BCUT2D eigenvalue weighted by atomic mass is 10.0. The van der Waals surface area contributed by atoms with Crippen molar-refractivity contribution in [2.45, 2.75) is 26.3 Å². The standard InChI is InChI=1S/C16H18N2O3/c1-10(2)9-14(16(20)21)18-15(19)13-8-7-11-5-3-4-6-12(11)17-13/h3-8,10,14H,9H2,1-2H3,(H,18,19)(H,20,21). The SMILES string of the molecule is CC(C)CC(NC(=O)c1ccc2ccccc2n1)C(=O)O. The molecule has 0 bridgehead atoms. The number of carbonyl (C=O) groups excluding carboxylic acids is 1. The first-order valence-electron chi connectivity index (χ1n) is 6.87. The Morgan fingerprint density at radius 1 is 1.19 bits per heavy atom. The van der Waals surface area contributed by atoms with Crippen molar-refractivity contribution >= 4 is 22.8 Å². The predicted octanol–water partition coefficient (Wildman–Crippen LogP) is 2.46. The van der Waals surface area contributed by atoms with E-state index in [0.29, 0.717) is 11.9 Å². The summed E-state index contributed by atoms with van der Waals surface area (Å²) in [4.78, 5) is 27.6. The molecule has 0 radical (unpaired) electrons. The zero-order chi connectivity index (χ0) is 15.4. The van der Waals surface area contributed by atoms with Gasteiger partial charge in [0.25, 0.3) is 5.91 Å². The largest absolute Gasteiger partial charge is 0.480 e. The smallest absolute Gasteiger partial charge is 0.326 e. The normalized spacial score (nSPS) is 12.3. The van der Waals surface area contributed by atoms with Crippen molar-refractivity contribution in [3.05, 3.63) is 42.1 Å². The van der Waals surface area contributed by atoms with Crippen LogP contribution in [0, 0.1) is 5.92 Å². The Bertz CT molecular complexity index is 667. The number of carboxylic acid groups (broad SMARTS) is 1. The molecular weight excluding hydrogens is 268 g/mol. The van der Waals surface area contributed by atoms with Gasteiger partial charge in [-0.05, 0) is 24.5 Å². The van der Waals surface area contributed by atoms with Crippen LogP contribution in [-0.2, 0) is 4.79 Å². The fraction of sp³-hybridized carbons (Fsp3) is 0.312. The third kappa shape index (κ3) is 3.78. The number of pyridine rings is 1. The minimum absolute atomic E-state index is 0.177. The van der Waals surface area contributed by atoms with Crippen LogP contribution in [0.5, 0.6) is 0 Å². The molecule has 0 aliphatic heterocycles. The van der Waals surface area contributed by atoms with Crippen LogP contribution < -0.4 is 5.32 Å². The first-order valence-corrected chi connectivity index (χ1v) is 6.87. The third-order valence-corrected chi connectivity index (χ3v) is 3.14. The van der Waals surface area contributed by atoms with E-state index >= 15 is 0 Å². The van der Waals surface area contributed by atoms with Gasteiger partial charge < -0.3 is 10.4 Å². The van der Waals surface area contributed by atoms with E-state index in [1.165, 1.54) is 0 Å². The van der Waals surface area contributed by atoms with Crippen molar-refractivity contribution in [2.24, 2.45) is 5.92 Å². The summed E-state index contributed by atoms with van der Waals surface area (Å²) in [5.74, 6) is -1.32. The number of amides is 1. The number of aliphatic carboxylic acids is 1. The Morgan fingerprint density at radius 3 is 2.57 bits per heavy atom. The van der Waals surface area contributed by atoms with E-state index in [4.69, 9.17) is 5.11 Å². The molecule has 1 amide bonds. The van der Waals surface area contributed by atoms with Crippen molar-refractivity contribution in [1.29, 1.82) is 0 Å². The van der Waals surface area contributed by atoms with Crippen molar-refractivity contribution in [1.82, 2.24) is 10.3 Å². The average Bonchev–Trinajstić information content (AvgIpc) is 2.45. The van der Waals surface area contributed by atoms with Gasteiger partial charge in [-0.15, -0.1) is 0 Å². The van der Waals surface area contributed by atoms with Gasteiger partial charge in [-0.25, -0.2) is 9.78 Å². The van der Waals surface area contributed by atoms with Gasteiger partial charge >= 0.3 is 5.97 Å². The molecule has 1 aromatic carbocycles. The lowest BCUT2D eigenvalue weighted by Gasteiger charge is -2.16. The maximum atomic E-state index is 12.1. The van der Waals surface area contributed by atoms with Gasteiger partial charge in [-0.3, -0.25) is 4.79 Å². The van der Waals surface area contributed by atoms with Gasteiger partial charge in [0.05, 0.1) is 5.52 Å². The molecule has 0 fully saturated rings. The zero-order valence-electron chi connectivity index (χ0n) is 12.0. The van der Waals surface area contributed by atoms with E-state index in [1.54, 1.807) is 12.1 Å². The molecular formula is C16H18N2O3. The molecule has 5 heteroatoms. The number of hydrogen-bond donors (Lipinski definition) is 2. The first-order chi connectivity index (χ1) is 9.97. The van der Waals surface area contributed by atoms with Crippen LogP contribution in [-0.4, -0.2) is 28.0 Å². The van der Waals surface area contributed by atoms with E-state index in [0.717, 1.165) is 5.39 Å². The second-order valence-corrected chi connectivity index (χ2v) is 5.38. The molecule has 0 saturated heterocycles. The number of nitrogens with zero attached hydrogens (tertiary/aromatic N) is 1. The second kappa shape index (κ2) is 6.35. The average molecular weight is 286 g/mol. The summed E-state index contributed by atoms with van der Waals surface area (Å²) in [7, 11) is 0. The van der Waals surface area contributed by atoms with Crippen LogP contribution >= 0.6 is 0 Å². The summed E-state index contributed by atoms with van der Waals surface area (Å²) in [6.07, 6.45) is 0.384. The summed E-state index contributed by atoms with van der Waals surface area (Å²) in [6.45, 7) is 3.83. The number of aromatic nitrogens is 1. The molecule has 5 nitrogen and oxygen atoms in total. The molecule has 1 unspecified atom stereocenters. The number of para-hydroxylation sites is 1.